The highest BCUT2D eigenvalue weighted by Crippen LogP contribution is 2.56. The van der Waals surface area contributed by atoms with Crippen molar-refractivity contribution in [2.24, 2.45) is 0 Å². The lowest BCUT2D eigenvalue weighted by atomic mass is 9.84. The second-order valence-corrected chi connectivity index (χ2v) is 6.75. The number of hydrogen-bond donors (Lipinski definition) is 0. The number of benzene rings is 2. The van der Waals surface area contributed by atoms with Gasteiger partial charge < -0.3 is 20.6 Å². The van der Waals surface area contributed by atoms with Crippen LogP contribution in [0, 0.1) is 0 Å². The summed E-state index contributed by atoms with van der Waals surface area (Å²) in [5, 5.41) is 0. The molecule has 4 N–H and O–H groups in total. The molecule has 1 unspecified atom stereocenters. The Bertz CT molecular complexity index is 651. The van der Waals surface area contributed by atoms with Gasteiger partial charge in [0.15, 0.2) is 0 Å². The van der Waals surface area contributed by atoms with Gasteiger partial charge in [-0.2, -0.15) is 0 Å². The van der Waals surface area contributed by atoms with Gasteiger partial charge in [-0.1, -0.05) is 48.5 Å². The summed E-state index contributed by atoms with van der Waals surface area (Å²) in [6, 6.07) is 17.7. The van der Waals surface area contributed by atoms with Gasteiger partial charge in [0.25, 0.3) is 0 Å². The Morgan fingerprint density at radius 2 is 1.42 bits per heavy atom. The number of fused-ring (bicyclic) bond motifs is 4. The first-order valence-electron chi connectivity index (χ1n) is 8.21. The van der Waals surface area contributed by atoms with Gasteiger partial charge in [-0.05, 0) is 55.6 Å². The molecular weight excluding hydrogens is 302 g/mol. The molecule has 2 aromatic carbocycles. The van der Waals surface area contributed by atoms with Crippen molar-refractivity contribution in [2.75, 3.05) is 20.6 Å². The van der Waals surface area contributed by atoms with Crippen LogP contribution in [0.25, 0.3) is 0 Å². The molecule has 0 amide bonds. The summed E-state index contributed by atoms with van der Waals surface area (Å²) in [5.74, 6) is 0. The van der Waals surface area contributed by atoms with Gasteiger partial charge in [-0.3, -0.25) is 0 Å². The fourth-order valence-electron chi connectivity index (χ4n) is 3.92. The Balaban J connectivity index is 0.00000104. The van der Waals surface area contributed by atoms with Crippen molar-refractivity contribution in [3.05, 3.63) is 70.8 Å². The van der Waals surface area contributed by atoms with Crippen molar-refractivity contribution in [3.8, 4) is 0 Å². The van der Waals surface area contributed by atoms with Gasteiger partial charge in [-0.15, -0.1) is 0 Å². The van der Waals surface area contributed by atoms with E-state index < -0.39 is 0 Å². The minimum atomic E-state index is -0.195. The Labute approximate surface area is 143 Å². The molecule has 1 aliphatic heterocycles. The van der Waals surface area contributed by atoms with Gasteiger partial charge in [0.2, 0.25) is 0 Å². The monoisotopic (exact) mass is 329 g/mol. The van der Waals surface area contributed by atoms with Crippen LogP contribution in [0.1, 0.15) is 28.7 Å². The predicted molar refractivity (Wildman–Crippen MR) is 96.3 cm³/mol. The van der Waals surface area contributed by atoms with Crippen molar-refractivity contribution in [3.63, 3.8) is 0 Å². The number of aryl methyl sites for hydroxylation is 2. The van der Waals surface area contributed by atoms with E-state index in [1.165, 1.54) is 22.3 Å². The zero-order valence-electron chi connectivity index (χ0n) is 14.4. The van der Waals surface area contributed by atoms with Crippen LogP contribution < -0.4 is 0 Å². The molecule has 130 valence electrons. The van der Waals surface area contributed by atoms with Crippen LogP contribution in [0.4, 0.5) is 0 Å². The molecule has 1 aliphatic carbocycles. The average molecular weight is 329 g/mol. The molecular formula is C20H27NO3. The first-order chi connectivity index (χ1) is 10.7. The molecule has 4 nitrogen and oxygen atoms in total. The zero-order chi connectivity index (χ0) is 15.2. The molecule has 1 spiro atoms. The Hall–Kier alpha value is -1.72. The molecule has 2 aliphatic rings. The van der Waals surface area contributed by atoms with Gasteiger partial charge in [-0.25, -0.2) is 0 Å². The van der Waals surface area contributed by atoms with E-state index in [2.05, 4.69) is 67.5 Å². The number of epoxide rings is 1. The molecule has 1 heterocycles. The van der Waals surface area contributed by atoms with Crippen LogP contribution in [0.5, 0.6) is 0 Å². The fraction of sp³-hybridized carbons (Fsp3) is 0.400. The predicted octanol–water partition coefficient (Wildman–Crippen LogP) is 1.73. The summed E-state index contributed by atoms with van der Waals surface area (Å²) in [7, 11) is 4.26. The topological polar surface area (TPSA) is 78.8 Å². The lowest BCUT2D eigenvalue weighted by Crippen LogP contribution is -2.21. The third-order valence-corrected chi connectivity index (χ3v) is 5.06. The quantitative estimate of drug-likeness (QED) is 0.804. The third-order valence-electron chi connectivity index (χ3n) is 5.06. The summed E-state index contributed by atoms with van der Waals surface area (Å²) in [4.78, 5) is 2.24. The highest BCUT2D eigenvalue weighted by atomic mass is 16.6. The van der Waals surface area contributed by atoms with E-state index >= 15 is 0 Å². The van der Waals surface area contributed by atoms with Crippen molar-refractivity contribution < 1.29 is 15.7 Å². The average Bonchev–Trinajstić information content (AvgIpc) is 3.28. The van der Waals surface area contributed by atoms with Crippen LogP contribution in [-0.2, 0) is 23.2 Å². The molecule has 0 radical (unpaired) electrons. The van der Waals surface area contributed by atoms with Gasteiger partial charge >= 0.3 is 0 Å². The number of nitrogens with zero attached hydrogens (tertiary/aromatic N) is 1. The van der Waals surface area contributed by atoms with Gasteiger partial charge in [0.05, 0.1) is 6.10 Å². The van der Waals surface area contributed by atoms with Crippen molar-refractivity contribution in [1.82, 2.24) is 4.90 Å². The summed E-state index contributed by atoms with van der Waals surface area (Å²) < 4.78 is 6.40. The maximum Gasteiger partial charge on any atom is 0.145 e. The van der Waals surface area contributed by atoms with Crippen LogP contribution in [0.15, 0.2) is 48.5 Å². The smallest absolute Gasteiger partial charge is 0.145 e. The standard InChI is InChI=1S/C20H23NO.2H2O/c1-21(2)14-13-19-20(22-19)17-9-5-3-7-15(17)11-12-16-8-4-6-10-18(16)20;;/h3-10,19H,11-14H2,1-2H3;2*1H2. The van der Waals surface area contributed by atoms with Crippen LogP contribution in [-0.4, -0.2) is 42.6 Å². The molecule has 1 saturated heterocycles. The van der Waals surface area contributed by atoms with E-state index in [1.54, 1.807) is 0 Å². The first-order valence-corrected chi connectivity index (χ1v) is 8.21. The van der Waals surface area contributed by atoms with E-state index in [4.69, 9.17) is 4.74 Å². The van der Waals surface area contributed by atoms with Gasteiger partial charge in [0.1, 0.15) is 5.60 Å². The molecule has 24 heavy (non-hydrogen) atoms. The number of hydrogen-bond acceptors (Lipinski definition) is 2. The largest absolute Gasteiger partial charge is 0.412 e. The molecule has 0 saturated carbocycles. The van der Waals surface area contributed by atoms with Crippen molar-refractivity contribution in [1.29, 1.82) is 0 Å². The summed E-state index contributed by atoms with van der Waals surface area (Å²) in [5.41, 5.74) is 5.49. The van der Waals surface area contributed by atoms with E-state index in [0.29, 0.717) is 6.10 Å². The molecule has 2 aromatic rings. The normalized spacial score (nSPS) is 19.5. The van der Waals surface area contributed by atoms with E-state index in [-0.39, 0.29) is 16.6 Å². The van der Waals surface area contributed by atoms with E-state index in [9.17, 15) is 0 Å². The van der Waals surface area contributed by atoms with Gasteiger partial charge in [0, 0.05) is 6.54 Å². The number of rotatable bonds is 3. The Morgan fingerprint density at radius 1 is 0.917 bits per heavy atom. The third kappa shape index (κ3) is 2.87. The van der Waals surface area contributed by atoms with Crippen molar-refractivity contribution in [2.45, 2.75) is 31.0 Å². The Morgan fingerprint density at radius 3 is 1.92 bits per heavy atom. The Kier molecular flexibility index (Phi) is 5.45. The SMILES string of the molecule is CN(C)CCC1OC12c1ccccc1CCc1ccccc12.O.O. The van der Waals surface area contributed by atoms with E-state index in [0.717, 1.165) is 25.8 Å². The zero-order valence-corrected chi connectivity index (χ0v) is 14.4. The van der Waals surface area contributed by atoms with Crippen LogP contribution in [0.2, 0.25) is 0 Å². The minimum absolute atomic E-state index is 0. The second kappa shape index (κ2) is 7.03. The maximum atomic E-state index is 6.40. The fourth-order valence-corrected chi connectivity index (χ4v) is 3.92. The molecule has 0 bridgehead atoms. The summed E-state index contributed by atoms with van der Waals surface area (Å²) in [6.07, 6.45) is 3.60. The molecule has 1 fully saturated rings. The lowest BCUT2D eigenvalue weighted by Gasteiger charge is -2.17. The number of ether oxygens (including phenoxy) is 1. The first kappa shape index (κ1) is 18.6. The molecule has 4 heteroatoms. The maximum absolute atomic E-state index is 6.40. The molecule has 1 atom stereocenters. The lowest BCUT2D eigenvalue weighted by molar-refractivity contribution is 0.308. The van der Waals surface area contributed by atoms with Crippen molar-refractivity contribution >= 4 is 0 Å². The molecule has 0 aromatic heterocycles. The summed E-state index contributed by atoms with van der Waals surface area (Å²) in [6.45, 7) is 1.07. The second-order valence-electron chi connectivity index (χ2n) is 6.75. The highest BCUT2D eigenvalue weighted by molar-refractivity contribution is 5.52. The summed E-state index contributed by atoms with van der Waals surface area (Å²) >= 11 is 0. The van der Waals surface area contributed by atoms with Crippen LogP contribution in [0.3, 0.4) is 0 Å². The van der Waals surface area contributed by atoms with E-state index in [1.807, 2.05) is 0 Å². The van der Waals surface area contributed by atoms with Crippen LogP contribution >= 0.6 is 0 Å². The molecule has 4 rings (SSSR count). The highest BCUT2D eigenvalue weighted by Gasteiger charge is 2.60. The minimum Gasteiger partial charge on any atom is -0.412 e.